The van der Waals surface area contributed by atoms with E-state index in [0.717, 1.165) is 6.42 Å². The van der Waals surface area contributed by atoms with E-state index in [2.05, 4.69) is 13.8 Å². The number of hydrogen-bond donors (Lipinski definition) is 0. The quantitative estimate of drug-likeness (QED) is 0.857. The molecule has 0 heterocycles. The number of sulfone groups is 1. The van der Waals surface area contributed by atoms with Crippen molar-refractivity contribution in [2.75, 3.05) is 5.75 Å². The smallest absolute Gasteiger partial charge is 0.178 e. The Hall–Kier alpha value is -1.16. The summed E-state index contributed by atoms with van der Waals surface area (Å²) in [6, 6.07) is 8.53. The second kappa shape index (κ2) is 6.08. The predicted octanol–water partition coefficient (Wildman–Crippen LogP) is 3.10. The lowest BCUT2D eigenvalue weighted by Gasteiger charge is -2.33. The highest BCUT2D eigenvalue weighted by Gasteiger charge is 2.34. The fraction of sp³-hybridized carbons (Fsp3) is 0.562. The zero-order valence-corrected chi connectivity index (χ0v) is 12.9. The van der Waals surface area contributed by atoms with Crippen molar-refractivity contribution in [3.63, 3.8) is 0 Å². The second-order valence-electron chi connectivity index (χ2n) is 6.04. The molecule has 0 radical (unpaired) electrons. The molecule has 1 aliphatic carbocycles. The van der Waals surface area contributed by atoms with Gasteiger partial charge in [-0.05, 0) is 36.3 Å². The first kappa shape index (κ1) is 15.2. The van der Waals surface area contributed by atoms with Crippen molar-refractivity contribution < 1.29 is 13.2 Å². The van der Waals surface area contributed by atoms with Gasteiger partial charge in [0.15, 0.2) is 9.84 Å². The molecule has 110 valence electrons. The Bertz CT molecular complexity index is 561. The molecule has 0 unspecified atom stereocenters. The Kier molecular flexibility index (Phi) is 4.63. The van der Waals surface area contributed by atoms with Crippen LogP contribution in [0.25, 0.3) is 0 Å². The van der Waals surface area contributed by atoms with Gasteiger partial charge in [0.05, 0.1) is 10.6 Å². The molecule has 1 aliphatic rings. The summed E-state index contributed by atoms with van der Waals surface area (Å²) >= 11 is 0. The van der Waals surface area contributed by atoms with Gasteiger partial charge in [-0.1, -0.05) is 32.0 Å². The summed E-state index contributed by atoms with van der Waals surface area (Å²) in [6.45, 7) is 4.23. The summed E-state index contributed by atoms with van der Waals surface area (Å²) in [5, 5.41) is 0. The van der Waals surface area contributed by atoms with Crippen LogP contribution in [0.5, 0.6) is 0 Å². The van der Waals surface area contributed by atoms with Crippen LogP contribution in [0.2, 0.25) is 0 Å². The lowest BCUT2D eigenvalue weighted by molar-refractivity contribution is -0.122. The summed E-state index contributed by atoms with van der Waals surface area (Å²) in [5.74, 6) is 0.993. The van der Waals surface area contributed by atoms with Gasteiger partial charge in [0, 0.05) is 12.8 Å². The van der Waals surface area contributed by atoms with E-state index in [1.165, 1.54) is 0 Å². The fourth-order valence-electron chi connectivity index (χ4n) is 3.18. The van der Waals surface area contributed by atoms with Crippen molar-refractivity contribution in [1.82, 2.24) is 0 Å². The van der Waals surface area contributed by atoms with Crippen molar-refractivity contribution in [2.45, 2.75) is 38.0 Å². The number of hydrogen-bond acceptors (Lipinski definition) is 3. The number of rotatable bonds is 4. The van der Waals surface area contributed by atoms with Gasteiger partial charge in [-0.15, -0.1) is 0 Å². The molecule has 1 aromatic rings. The molecule has 0 spiro atoms. The van der Waals surface area contributed by atoms with E-state index in [1.807, 2.05) is 0 Å². The van der Waals surface area contributed by atoms with Gasteiger partial charge in [-0.2, -0.15) is 0 Å². The van der Waals surface area contributed by atoms with Crippen LogP contribution in [0.3, 0.4) is 0 Å². The Morgan fingerprint density at radius 3 is 2.45 bits per heavy atom. The first-order valence-corrected chi connectivity index (χ1v) is 8.85. The average molecular weight is 294 g/mol. The molecule has 0 amide bonds. The van der Waals surface area contributed by atoms with Crippen LogP contribution < -0.4 is 0 Å². The maximum absolute atomic E-state index is 12.5. The third-order valence-corrected chi connectivity index (χ3v) is 6.10. The summed E-state index contributed by atoms with van der Waals surface area (Å²) in [7, 11) is -3.30. The van der Waals surface area contributed by atoms with Crippen LogP contribution in [-0.4, -0.2) is 20.0 Å². The Morgan fingerprint density at radius 2 is 1.85 bits per heavy atom. The molecule has 2 rings (SSSR count). The summed E-state index contributed by atoms with van der Waals surface area (Å²) in [4.78, 5) is 12.0. The Labute approximate surface area is 121 Å². The SMILES string of the molecule is CC(C)[C@@H]1CCC(=O)C[C@H]1CS(=O)(=O)c1ccccc1. The van der Waals surface area contributed by atoms with Crippen molar-refractivity contribution in [2.24, 2.45) is 17.8 Å². The molecule has 0 saturated heterocycles. The summed E-state index contributed by atoms with van der Waals surface area (Å²) in [6.07, 6.45) is 1.84. The topological polar surface area (TPSA) is 51.2 Å². The van der Waals surface area contributed by atoms with Gasteiger partial charge < -0.3 is 0 Å². The van der Waals surface area contributed by atoms with Crippen molar-refractivity contribution in [3.05, 3.63) is 30.3 Å². The molecule has 1 aromatic carbocycles. The molecule has 0 N–H and O–H groups in total. The number of carbonyl (C=O) groups is 1. The molecule has 0 aliphatic heterocycles. The minimum Gasteiger partial charge on any atom is -0.300 e. The normalized spacial score (nSPS) is 24.1. The minimum atomic E-state index is -3.30. The van der Waals surface area contributed by atoms with E-state index in [9.17, 15) is 13.2 Å². The third-order valence-electron chi connectivity index (χ3n) is 4.24. The van der Waals surface area contributed by atoms with E-state index in [0.29, 0.717) is 29.6 Å². The van der Waals surface area contributed by atoms with E-state index < -0.39 is 9.84 Å². The standard InChI is InChI=1S/C16H22O3S/c1-12(2)16-9-8-14(17)10-13(16)11-20(18,19)15-6-4-3-5-7-15/h3-7,12-13,16H,8-11H2,1-2H3/t13-,16-/m0/s1. The van der Waals surface area contributed by atoms with Gasteiger partial charge in [0.2, 0.25) is 0 Å². The summed E-state index contributed by atoms with van der Waals surface area (Å²) < 4.78 is 24.9. The molecule has 1 fully saturated rings. The van der Waals surface area contributed by atoms with Gasteiger partial charge in [-0.25, -0.2) is 8.42 Å². The number of Topliss-reactive ketones (excluding diaryl/α,β-unsaturated/α-hetero) is 1. The maximum atomic E-state index is 12.5. The molecule has 1 saturated carbocycles. The molecule has 2 atom stereocenters. The lowest BCUT2D eigenvalue weighted by atomic mass is 9.74. The molecule has 3 nitrogen and oxygen atoms in total. The van der Waals surface area contributed by atoms with Crippen LogP contribution in [0.4, 0.5) is 0 Å². The van der Waals surface area contributed by atoms with E-state index in [1.54, 1.807) is 30.3 Å². The fourth-order valence-corrected chi connectivity index (χ4v) is 4.87. The maximum Gasteiger partial charge on any atom is 0.178 e. The van der Waals surface area contributed by atoms with Crippen LogP contribution in [-0.2, 0) is 14.6 Å². The van der Waals surface area contributed by atoms with Gasteiger partial charge in [-0.3, -0.25) is 4.79 Å². The lowest BCUT2D eigenvalue weighted by Crippen LogP contribution is -2.33. The zero-order chi connectivity index (χ0) is 14.8. The van der Waals surface area contributed by atoms with E-state index in [-0.39, 0.29) is 17.5 Å². The molecule has 20 heavy (non-hydrogen) atoms. The van der Waals surface area contributed by atoms with Crippen LogP contribution in [0.1, 0.15) is 33.1 Å². The second-order valence-corrected chi connectivity index (χ2v) is 8.08. The first-order valence-electron chi connectivity index (χ1n) is 7.19. The number of carbonyl (C=O) groups excluding carboxylic acids is 1. The van der Waals surface area contributed by atoms with E-state index in [4.69, 9.17) is 0 Å². The van der Waals surface area contributed by atoms with Crippen LogP contribution in [0, 0.1) is 17.8 Å². The predicted molar refractivity (Wildman–Crippen MR) is 79.2 cm³/mol. The van der Waals surface area contributed by atoms with Crippen molar-refractivity contribution in [3.8, 4) is 0 Å². The Balaban J connectivity index is 2.20. The van der Waals surface area contributed by atoms with E-state index >= 15 is 0 Å². The molecule has 0 bridgehead atoms. The molecular weight excluding hydrogens is 272 g/mol. The highest BCUT2D eigenvalue weighted by molar-refractivity contribution is 7.91. The zero-order valence-electron chi connectivity index (χ0n) is 12.1. The highest BCUT2D eigenvalue weighted by Crippen LogP contribution is 2.35. The van der Waals surface area contributed by atoms with Gasteiger partial charge >= 0.3 is 0 Å². The molecular formula is C16H22O3S. The van der Waals surface area contributed by atoms with Crippen LogP contribution >= 0.6 is 0 Å². The van der Waals surface area contributed by atoms with Gasteiger partial charge in [0.1, 0.15) is 5.78 Å². The third kappa shape index (κ3) is 3.48. The Morgan fingerprint density at radius 1 is 1.20 bits per heavy atom. The first-order chi connectivity index (χ1) is 9.40. The number of benzene rings is 1. The largest absolute Gasteiger partial charge is 0.300 e. The average Bonchev–Trinajstić information content (AvgIpc) is 2.39. The molecule has 4 heteroatoms. The van der Waals surface area contributed by atoms with Crippen LogP contribution in [0.15, 0.2) is 35.2 Å². The summed E-state index contributed by atoms with van der Waals surface area (Å²) in [5.41, 5.74) is 0. The monoisotopic (exact) mass is 294 g/mol. The highest BCUT2D eigenvalue weighted by atomic mass is 32.2. The minimum absolute atomic E-state index is 0.0403. The van der Waals surface area contributed by atoms with Crippen molar-refractivity contribution >= 4 is 15.6 Å². The van der Waals surface area contributed by atoms with Crippen molar-refractivity contribution in [1.29, 1.82) is 0 Å². The molecule has 0 aromatic heterocycles. The number of ketones is 1. The van der Waals surface area contributed by atoms with Gasteiger partial charge in [0.25, 0.3) is 0 Å².